The lowest BCUT2D eigenvalue weighted by Gasteiger charge is -2.20. The molecule has 0 aliphatic heterocycles. The molecule has 5 heteroatoms. The number of benzene rings is 2. The van der Waals surface area contributed by atoms with E-state index in [1.807, 2.05) is 25.1 Å². The van der Waals surface area contributed by atoms with Gasteiger partial charge in [0.15, 0.2) is 0 Å². The van der Waals surface area contributed by atoms with Crippen LogP contribution in [0.5, 0.6) is 5.75 Å². The minimum absolute atomic E-state index is 0.538. The highest BCUT2D eigenvalue weighted by molar-refractivity contribution is 5.90. The average Bonchev–Trinajstić information content (AvgIpc) is 3.18. The van der Waals surface area contributed by atoms with E-state index in [1.165, 1.54) is 53.3 Å². The molecule has 204 valence electrons. The number of aryl methyl sites for hydroxylation is 3. The zero-order chi connectivity index (χ0) is 28.6. The molecule has 0 spiro atoms. The number of para-hydroxylation sites is 1. The highest BCUT2D eigenvalue weighted by Gasteiger charge is 2.19. The van der Waals surface area contributed by atoms with Crippen LogP contribution in [0.4, 0.5) is 4.39 Å². The van der Waals surface area contributed by atoms with Crippen LogP contribution in [0, 0.1) is 26.2 Å². The van der Waals surface area contributed by atoms with Crippen molar-refractivity contribution in [2.75, 3.05) is 6.54 Å². The van der Waals surface area contributed by atoms with E-state index in [1.54, 1.807) is 13.0 Å². The van der Waals surface area contributed by atoms with Gasteiger partial charge in [0.1, 0.15) is 5.75 Å². The summed E-state index contributed by atoms with van der Waals surface area (Å²) in [5.74, 6) is -1.20. The third-order valence-electron chi connectivity index (χ3n) is 6.54. The molecule has 0 saturated heterocycles. The summed E-state index contributed by atoms with van der Waals surface area (Å²) in [6.45, 7) is 22.2. The average molecular weight is 518 g/mol. The van der Waals surface area contributed by atoms with Crippen molar-refractivity contribution in [3.8, 4) is 5.75 Å². The first-order chi connectivity index (χ1) is 17.8. The normalized spacial score (nSPS) is 12.4. The molecule has 2 aromatic carbocycles. The monoisotopic (exact) mass is 517 g/mol. The van der Waals surface area contributed by atoms with Crippen molar-refractivity contribution in [2.45, 2.75) is 74.6 Å². The number of nitrogens with one attached hydrogen (secondary N) is 3. The van der Waals surface area contributed by atoms with E-state index in [-0.39, 0.29) is 0 Å². The van der Waals surface area contributed by atoms with Gasteiger partial charge in [-0.3, -0.25) is 0 Å². The Bertz CT molecular complexity index is 1350. The van der Waals surface area contributed by atoms with Gasteiger partial charge in [-0.15, -0.1) is 0 Å². The van der Waals surface area contributed by atoms with Gasteiger partial charge in [-0.25, -0.2) is 0 Å². The quantitative estimate of drug-likeness (QED) is 0.196. The van der Waals surface area contributed by atoms with Crippen molar-refractivity contribution >= 4 is 22.7 Å². The number of allylic oxidation sites excluding steroid dienone is 4. The van der Waals surface area contributed by atoms with E-state index in [9.17, 15) is 4.39 Å². The van der Waals surface area contributed by atoms with E-state index >= 15 is 0 Å². The smallest absolute Gasteiger partial charge is 0.242 e. The highest BCUT2D eigenvalue weighted by atomic mass is 19.2. The summed E-state index contributed by atoms with van der Waals surface area (Å²) in [5.41, 5.74) is 11.4. The van der Waals surface area contributed by atoms with E-state index in [2.05, 4.69) is 69.7 Å². The Morgan fingerprint density at radius 2 is 1.68 bits per heavy atom. The molecule has 1 aromatic heterocycles. The van der Waals surface area contributed by atoms with E-state index < -0.39 is 5.85 Å². The topological polar surface area (TPSA) is 60.9 Å². The maximum absolute atomic E-state index is 14.1. The number of fused-ring (bicyclic) bond motifs is 1. The lowest BCUT2D eigenvalue weighted by atomic mass is 10.00. The minimum atomic E-state index is -1.74. The molecule has 0 unspecified atom stereocenters. The minimum Gasteiger partial charge on any atom is -0.458 e. The van der Waals surface area contributed by atoms with Crippen LogP contribution in [0.1, 0.15) is 69.5 Å². The van der Waals surface area contributed by atoms with E-state index in [4.69, 9.17) is 10.1 Å². The third kappa shape index (κ3) is 7.95. The third-order valence-corrected chi connectivity index (χ3v) is 6.54. The van der Waals surface area contributed by atoms with Crippen LogP contribution in [-0.4, -0.2) is 23.6 Å². The summed E-state index contributed by atoms with van der Waals surface area (Å²) in [4.78, 5) is 3.57. The van der Waals surface area contributed by atoms with Gasteiger partial charge in [-0.1, -0.05) is 43.0 Å². The molecule has 4 nitrogen and oxygen atoms in total. The Morgan fingerprint density at radius 1 is 1.08 bits per heavy atom. The number of hydrogen-bond donors (Lipinski definition) is 3. The number of aromatic nitrogens is 1. The molecule has 0 aliphatic rings. The molecule has 0 atom stereocenters. The predicted molar refractivity (Wildman–Crippen MR) is 162 cm³/mol. The summed E-state index contributed by atoms with van der Waals surface area (Å²) in [6, 6.07) is 11.9. The maximum Gasteiger partial charge on any atom is 0.242 e. The highest BCUT2D eigenvalue weighted by Crippen LogP contribution is 2.31. The van der Waals surface area contributed by atoms with Crippen LogP contribution in [0.2, 0.25) is 0 Å². The molecule has 0 saturated carbocycles. The van der Waals surface area contributed by atoms with Crippen molar-refractivity contribution in [3.63, 3.8) is 0 Å². The van der Waals surface area contributed by atoms with Gasteiger partial charge in [-0.05, 0) is 101 Å². The second-order valence-corrected chi connectivity index (χ2v) is 10.2. The number of H-pyrrole nitrogens is 1. The second kappa shape index (κ2) is 13.3. The first-order valence-electron chi connectivity index (χ1n) is 13.1. The predicted octanol–water partition coefficient (Wildman–Crippen LogP) is 8.92. The summed E-state index contributed by atoms with van der Waals surface area (Å²) in [5, 5.41) is 10.9. The van der Waals surface area contributed by atoms with Crippen LogP contribution >= 0.6 is 0 Å². The standard InChI is InChI=1S/C31H39FN2O.C2H5N/c1-19-14-15-20(2)30-29(19)27(25(7)34-30)16-17-33-24(6)23(5)21(3)18-22(4)26-12-10-11-13-28(26)35-31(8,9)32;1-2-3/h10-15,18,33-34H,6,16-17H2,1-5,7-9H3;2-3H,1H3/b22-18+,23-21+;. The fourth-order valence-electron chi connectivity index (χ4n) is 4.49. The Kier molecular flexibility index (Phi) is 10.7. The van der Waals surface area contributed by atoms with Gasteiger partial charge in [-0.2, -0.15) is 4.39 Å². The fourth-order valence-corrected chi connectivity index (χ4v) is 4.49. The Labute approximate surface area is 228 Å². The van der Waals surface area contributed by atoms with Crippen molar-refractivity contribution < 1.29 is 9.13 Å². The van der Waals surface area contributed by atoms with Crippen molar-refractivity contribution in [1.29, 1.82) is 5.41 Å². The van der Waals surface area contributed by atoms with E-state index in [0.717, 1.165) is 40.9 Å². The molecule has 3 N–H and O–H groups in total. The summed E-state index contributed by atoms with van der Waals surface area (Å²) in [7, 11) is 0. The lowest BCUT2D eigenvalue weighted by Crippen LogP contribution is -2.21. The van der Waals surface area contributed by atoms with Gasteiger partial charge in [0.2, 0.25) is 5.85 Å². The number of ether oxygens (including phenoxy) is 1. The summed E-state index contributed by atoms with van der Waals surface area (Å²) in [6.07, 6.45) is 4.27. The molecule has 3 aromatic rings. The van der Waals surface area contributed by atoms with Gasteiger partial charge in [0.05, 0.1) is 0 Å². The molecule has 0 aliphatic carbocycles. The molecule has 0 fully saturated rings. The largest absolute Gasteiger partial charge is 0.458 e. The van der Waals surface area contributed by atoms with E-state index in [0.29, 0.717) is 5.75 Å². The number of hydrogen-bond acceptors (Lipinski definition) is 3. The molecule has 1 heterocycles. The molecular formula is C33H44FN3O. The fraction of sp³-hybridized carbons (Fsp3) is 0.364. The summed E-state index contributed by atoms with van der Waals surface area (Å²) < 4.78 is 19.6. The Hall–Kier alpha value is -3.60. The maximum atomic E-state index is 14.1. The Morgan fingerprint density at radius 3 is 2.32 bits per heavy atom. The summed E-state index contributed by atoms with van der Waals surface area (Å²) >= 11 is 0. The number of aromatic amines is 1. The lowest BCUT2D eigenvalue weighted by molar-refractivity contribution is -0.0259. The van der Waals surface area contributed by atoms with Crippen molar-refractivity contribution in [1.82, 2.24) is 10.3 Å². The Balaban J connectivity index is 0.00000161. The molecule has 0 bridgehead atoms. The van der Waals surface area contributed by atoms with Gasteiger partial charge in [0, 0.05) is 48.2 Å². The number of alkyl halides is 1. The van der Waals surface area contributed by atoms with Crippen LogP contribution < -0.4 is 10.1 Å². The van der Waals surface area contributed by atoms with Crippen LogP contribution in [0.25, 0.3) is 16.5 Å². The SMILES string of the molecule is C=C(NCCc1c(C)[nH]c2c(C)ccc(C)c12)/C(C)=C(C)/C=C(\C)c1ccccc1OC(C)(C)F.CC=N. The molecule has 0 radical (unpaired) electrons. The van der Waals surface area contributed by atoms with Crippen molar-refractivity contribution in [2.24, 2.45) is 0 Å². The van der Waals surface area contributed by atoms with Gasteiger partial charge in [0.25, 0.3) is 0 Å². The molecule has 0 amide bonds. The van der Waals surface area contributed by atoms with Gasteiger partial charge >= 0.3 is 0 Å². The first-order valence-corrected chi connectivity index (χ1v) is 13.1. The number of halogens is 1. The van der Waals surface area contributed by atoms with Gasteiger partial charge < -0.3 is 20.4 Å². The van der Waals surface area contributed by atoms with Crippen LogP contribution in [-0.2, 0) is 6.42 Å². The van der Waals surface area contributed by atoms with Crippen molar-refractivity contribution in [3.05, 3.63) is 93.8 Å². The molecule has 3 rings (SSSR count). The zero-order valence-electron chi connectivity index (χ0n) is 24.5. The zero-order valence-corrected chi connectivity index (χ0v) is 24.5. The first kappa shape index (κ1) is 30.6. The second-order valence-electron chi connectivity index (χ2n) is 10.2. The molecular weight excluding hydrogens is 473 g/mol. The van der Waals surface area contributed by atoms with Crippen LogP contribution in [0.15, 0.2) is 65.9 Å². The molecule has 38 heavy (non-hydrogen) atoms. The van der Waals surface area contributed by atoms with Crippen LogP contribution in [0.3, 0.4) is 0 Å². The number of rotatable bonds is 9.